The van der Waals surface area contributed by atoms with Crippen molar-refractivity contribution in [2.75, 3.05) is 0 Å². The molecular formula is C70H90N6O4Si2. The van der Waals surface area contributed by atoms with Gasteiger partial charge < -0.3 is 20.5 Å². The van der Waals surface area contributed by atoms with Gasteiger partial charge in [-0.25, -0.2) is 19.1 Å². The molecule has 2 aromatic carbocycles. The van der Waals surface area contributed by atoms with E-state index < -0.39 is 44.3 Å². The van der Waals surface area contributed by atoms with Gasteiger partial charge in [-0.2, -0.15) is 5.26 Å². The Kier molecular flexibility index (Phi) is 19.7. The summed E-state index contributed by atoms with van der Waals surface area (Å²) in [6.45, 7) is 55.3. The van der Waals surface area contributed by atoms with Crippen LogP contribution >= 0.6 is 0 Å². The van der Waals surface area contributed by atoms with Crippen molar-refractivity contribution in [2.45, 2.75) is 189 Å². The molecular weight excluding hydrogens is 1040 g/mol. The summed E-state index contributed by atoms with van der Waals surface area (Å²) in [7, 11) is -4.44. The fourth-order valence-corrected chi connectivity index (χ4v) is 14.4. The highest BCUT2D eigenvalue weighted by molar-refractivity contribution is 6.94. The molecule has 1 unspecified atom stereocenters. The molecule has 82 heavy (non-hydrogen) atoms. The van der Waals surface area contributed by atoms with E-state index >= 15 is 0 Å². The summed E-state index contributed by atoms with van der Waals surface area (Å²) < 4.78 is 3.19. The zero-order chi connectivity index (χ0) is 61.8. The van der Waals surface area contributed by atoms with E-state index in [1.165, 1.54) is 10.4 Å². The molecule has 5 aliphatic rings. The van der Waals surface area contributed by atoms with Gasteiger partial charge >= 0.3 is 0 Å². The van der Waals surface area contributed by atoms with Crippen LogP contribution in [0.25, 0.3) is 32.9 Å². The van der Waals surface area contributed by atoms with Gasteiger partial charge in [-0.3, -0.25) is 0 Å². The van der Waals surface area contributed by atoms with Crippen LogP contribution in [0.15, 0.2) is 127 Å². The highest BCUT2D eigenvalue weighted by Crippen LogP contribution is 2.52. The predicted octanol–water partition coefficient (Wildman–Crippen LogP) is 16.1. The number of nitrogens with zero attached hydrogens (tertiary/aromatic N) is 6. The molecule has 1 heterocycles. The smallest absolute Gasteiger partial charge is 0.234 e. The third-order valence-electron chi connectivity index (χ3n) is 16.1. The summed E-state index contributed by atoms with van der Waals surface area (Å²) in [5.74, 6) is 5.60. The maximum Gasteiger partial charge on any atom is 0.234 e. The first-order valence-corrected chi connectivity index (χ1v) is 34.4. The maximum absolute atomic E-state index is 13.6. The van der Waals surface area contributed by atoms with E-state index in [4.69, 9.17) is 16.7 Å². The molecule has 12 heteroatoms. The van der Waals surface area contributed by atoms with Crippen LogP contribution in [0, 0.1) is 45.4 Å². The van der Waals surface area contributed by atoms with Crippen molar-refractivity contribution >= 4 is 50.9 Å². The molecule has 0 radical (unpaired) electrons. The minimum Gasteiger partial charge on any atom is -0.623 e. The average molecular weight is 1140 g/mol. The molecule has 7 rings (SSSR count). The first-order chi connectivity index (χ1) is 37.7. The van der Waals surface area contributed by atoms with Gasteiger partial charge in [-0.05, 0) is 81.2 Å². The summed E-state index contributed by atoms with van der Waals surface area (Å²) in [6, 6.07) is 41.2. The topological polar surface area (TPSA) is 119 Å². The van der Waals surface area contributed by atoms with Crippen molar-refractivity contribution < 1.29 is 19.1 Å². The largest absolute Gasteiger partial charge is 0.623 e. The quantitative estimate of drug-likeness (QED) is 0.0299. The van der Waals surface area contributed by atoms with Crippen LogP contribution in [0.3, 0.4) is 0 Å². The molecule has 0 aromatic heterocycles. The van der Waals surface area contributed by atoms with Crippen molar-refractivity contribution in [2.24, 2.45) is 0 Å². The van der Waals surface area contributed by atoms with Gasteiger partial charge in [-0.15, -0.1) is 5.06 Å². The molecule has 432 valence electrons. The molecule has 10 nitrogen and oxygen atoms in total. The summed E-state index contributed by atoms with van der Waals surface area (Å²) >= 11 is 0. The lowest BCUT2D eigenvalue weighted by Crippen LogP contribution is -2.53. The Labute approximate surface area is 494 Å². The number of benzene rings is 2. The summed E-state index contributed by atoms with van der Waals surface area (Å²) in [4.78, 5) is 10.9. The Balaban J connectivity index is 0.000000264. The Morgan fingerprint density at radius 1 is 0.524 bits per heavy atom. The summed E-state index contributed by atoms with van der Waals surface area (Å²) in [5, 5.41) is 52.2. The minimum atomic E-state index is -2.31. The standard InChI is InChI=1S/C35H45N3O2Si.C26H40N2O2Si.C9H5N/c1-33(2,3)37(39)23-27-25-21-17-14-18-22-26(25)28(32(27)41(11,12)35(7,8)9)30-29(36-10)31(24-19-15-13-16-20-24)40-38(30)34(4,5)6;1-24(2,3)27(29)17-21-19-15-13-12-14-16-20(19)22(18-28(30)25(4,5)6)23(21)31(10,11)26(7,8)9;10-8-4-7-9-5-2-1-3-6-9/h13-23,30H,1-9,11-12H3;12-18H,1-11H3;1-3,5-6H/b37-23-;27-17-,28-18-;. The van der Waals surface area contributed by atoms with Gasteiger partial charge in [0.1, 0.15) is 6.04 Å². The highest BCUT2D eigenvalue weighted by Gasteiger charge is 2.51. The van der Waals surface area contributed by atoms with Crippen LogP contribution in [0.1, 0.15) is 164 Å². The zero-order valence-electron chi connectivity index (χ0n) is 53.2. The molecule has 0 amide bonds. The van der Waals surface area contributed by atoms with Crippen LogP contribution in [-0.2, 0) is 4.84 Å². The Morgan fingerprint density at radius 2 is 0.866 bits per heavy atom. The molecule has 1 atom stereocenters. The van der Waals surface area contributed by atoms with Gasteiger partial charge in [0.25, 0.3) is 0 Å². The second kappa shape index (κ2) is 24.7. The first kappa shape index (κ1) is 65.5. The second-order valence-corrected chi connectivity index (χ2v) is 38.9. The normalized spacial score (nSPS) is 15.3. The molecule has 4 aliphatic carbocycles. The van der Waals surface area contributed by atoms with E-state index in [1.54, 1.807) is 24.7 Å². The van der Waals surface area contributed by atoms with E-state index in [9.17, 15) is 15.6 Å². The van der Waals surface area contributed by atoms with Gasteiger partial charge in [0, 0.05) is 102 Å². The predicted molar refractivity (Wildman–Crippen MR) is 350 cm³/mol. The fourth-order valence-electron chi connectivity index (χ4n) is 9.31. The van der Waals surface area contributed by atoms with E-state index in [0.717, 1.165) is 69.9 Å². The van der Waals surface area contributed by atoms with E-state index in [0.29, 0.717) is 11.5 Å². The van der Waals surface area contributed by atoms with Crippen LogP contribution in [0.4, 0.5) is 0 Å². The van der Waals surface area contributed by atoms with Crippen molar-refractivity contribution in [1.29, 1.82) is 5.26 Å². The van der Waals surface area contributed by atoms with Gasteiger partial charge in [-0.1, -0.05) is 183 Å². The van der Waals surface area contributed by atoms with E-state index in [-0.39, 0.29) is 10.1 Å². The highest BCUT2D eigenvalue weighted by atomic mass is 28.3. The summed E-state index contributed by atoms with van der Waals surface area (Å²) in [5.41, 5.74) is 8.31. The van der Waals surface area contributed by atoms with Crippen molar-refractivity contribution in [3.05, 3.63) is 187 Å². The third-order valence-corrected chi connectivity index (χ3v) is 27.2. The van der Waals surface area contributed by atoms with E-state index in [1.807, 2.05) is 158 Å². The van der Waals surface area contributed by atoms with Crippen LogP contribution < -0.4 is 10.4 Å². The number of hydrogen-bond acceptors (Lipinski definition) is 6. The molecule has 0 saturated heterocycles. The van der Waals surface area contributed by atoms with Gasteiger partial charge in [0.15, 0.2) is 47.1 Å². The molecule has 2 aromatic rings. The zero-order valence-corrected chi connectivity index (χ0v) is 55.2. The number of hydroxylamine groups is 5. The van der Waals surface area contributed by atoms with Crippen LogP contribution in [-0.4, -0.2) is 76.2 Å². The Bertz CT molecular complexity index is 3390. The minimum absolute atomic E-state index is 0.0252. The Morgan fingerprint density at radius 3 is 1.22 bits per heavy atom. The van der Waals surface area contributed by atoms with Crippen molar-refractivity contribution in [3.8, 4) is 40.2 Å². The average Bonchev–Trinajstić information content (AvgIpc) is 2.50. The third kappa shape index (κ3) is 14.5. The monoisotopic (exact) mass is 1130 g/mol. The van der Waals surface area contributed by atoms with Crippen molar-refractivity contribution in [1.82, 2.24) is 5.06 Å². The van der Waals surface area contributed by atoms with Gasteiger partial charge in [0.2, 0.25) is 5.70 Å². The SMILES string of the molecule is CC(C)(C)/[N+]([O-])=C/c1c2cccccc-2c(/C=[N+](\[O-])C(C)(C)C)c1[Si](C)(C)C(C)(C)C.N#CC#Cc1ccccc1.[C-]#[N+]C1=C(c2ccccc2)ON(C(C)(C)C)C1c1c2cccccc-2c(/C=[N+](\[O-])C(C)(C)C)c1[Si](C)(C)C(C)(C)C. The van der Waals surface area contributed by atoms with Gasteiger partial charge in [0.05, 0.1) is 22.7 Å². The molecule has 1 aliphatic heterocycles. The number of nitriles is 1. The summed E-state index contributed by atoms with van der Waals surface area (Å²) in [6.07, 6.45) is 5.31. The lowest BCUT2D eigenvalue weighted by atomic mass is 9.96. The maximum atomic E-state index is 13.6. The molecule has 0 spiro atoms. The van der Waals surface area contributed by atoms with Crippen LogP contribution in [0.5, 0.6) is 0 Å². The van der Waals surface area contributed by atoms with Crippen molar-refractivity contribution in [3.63, 3.8) is 0 Å². The molecule has 0 fully saturated rings. The molecule has 0 saturated carbocycles. The fraction of sp³-hybridized carbons (Fsp3) is 0.414. The first-order valence-electron chi connectivity index (χ1n) is 28.4. The lowest BCUT2D eigenvalue weighted by Gasteiger charge is -2.41. The number of hydrogen-bond donors (Lipinski definition) is 0. The van der Waals surface area contributed by atoms with E-state index in [2.05, 4.69) is 136 Å². The lowest BCUT2D eigenvalue weighted by molar-refractivity contribution is -0.530. The number of rotatable bonds is 7. The van der Waals surface area contributed by atoms with Crippen LogP contribution in [0.2, 0.25) is 36.3 Å². The molecule has 0 N–H and O–H groups in total. The second-order valence-electron chi connectivity index (χ2n) is 28.4. The molecule has 0 bridgehead atoms. The Hall–Kier alpha value is -7.28. The number of fused-ring (bicyclic) bond motifs is 2.